The lowest BCUT2D eigenvalue weighted by atomic mass is 10.4. The van der Waals surface area contributed by atoms with E-state index in [2.05, 4.69) is 50.0 Å². The summed E-state index contributed by atoms with van der Waals surface area (Å²) in [7, 11) is -0.877. The molecular formula is C10H16SSi. The van der Waals surface area contributed by atoms with Crippen LogP contribution < -0.4 is 0 Å². The molecule has 0 nitrogen and oxygen atoms in total. The third-order valence-corrected chi connectivity index (χ3v) is 6.06. The Morgan fingerprint density at radius 1 is 1.08 bits per heavy atom. The highest BCUT2D eigenvalue weighted by Crippen LogP contribution is 2.20. The first-order chi connectivity index (χ1) is 5.58. The average molecular weight is 196 g/mol. The van der Waals surface area contributed by atoms with E-state index in [0.29, 0.717) is 0 Å². The summed E-state index contributed by atoms with van der Waals surface area (Å²) >= 11 is 1.99. The van der Waals surface area contributed by atoms with E-state index in [4.69, 9.17) is 0 Å². The molecule has 1 aromatic rings. The van der Waals surface area contributed by atoms with Gasteiger partial charge in [-0.15, -0.1) is 11.8 Å². The topological polar surface area (TPSA) is 0 Å². The van der Waals surface area contributed by atoms with Gasteiger partial charge in [0.05, 0.1) is 8.07 Å². The van der Waals surface area contributed by atoms with Crippen LogP contribution in [0, 0.1) is 0 Å². The Morgan fingerprint density at radius 3 is 2.17 bits per heavy atom. The molecule has 66 valence electrons. The average Bonchev–Trinajstić information content (AvgIpc) is 2.02. The molecule has 0 amide bonds. The molecule has 0 heterocycles. The van der Waals surface area contributed by atoms with Gasteiger partial charge in [0.25, 0.3) is 0 Å². The maximum absolute atomic E-state index is 2.41. The fourth-order valence-corrected chi connectivity index (χ4v) is 3.56. The zero-order valence-corrected chi connectivity index (χ0v) is 9.82. The predicted octanol–water partition coefficient (Wildman–Crippen LogP) is 3.66. The molecule has 0 spiro atoms. The van der Waals surface area contributed by atoms with Crippen LogP contribution in [-0.4, -0.2) is 13.5 Å². The molecule has 0 aromatic heterocycles. The van der Waals surface area contributed by atoms with Gasteiger partial charge in [0.1, 0.15) is 0 Å². The fraction of sp³-hybridized carbons (Fsp3) is 0.400. The van der Waals surface area contributed by atoms with Crippen LogP contribution in [0.15, 0.2) is 35.2 Å². The van der Waals surface area contributed by atoms with Crippen molar-refractivity contribution in [1.82, 2.24) is 0 Å². The maximum atomic E-state index is 2.41. The standard InChI is InChI=1S/C10H16SSi/c1-12(2,3)9-11-10-7-5-4-6-8-10/h4-8H,9H2,1-3H3. The Labute approximate surface area is 80.4 Å². The van der Waals surface area contributed by atoms with Crippen molar-refractivity contribution < 1.29 is 0 Å². The second-order valence-electron chi connectivity index (χ2n) is 4.16. The van der Waals surface area contributed by atoms with Gasteiger partial charge in [0, 0.05) is 4.90 Å². The molecule has 0 atom stereocenters. The lowest BCUT2D eigenvalue weighted by Gasteiger charge is -2.14. The van der Waals surface area contributed by atoms with Crippen LogP contribution in [0.1, 0.15) is 0 Å². The van der Waals surface area contributed by atoms with Gasteiger partial charge < -0.3 is 0 Å². The summed E-state index contributed by atoms with van der Waals surface area (Å²) in [6, 6.07) is 10.6. The summed E-state index contributed by atoms with van der Waals surface area (Å²) in [5.41, 5.74) is 0. The zero-order valence-electron chi connectivity index (χ0n) is 8.00. The zero-order chi connectivity index (χ0) is 9.03. The van der Waals surface area contributed by atoms with E-state index in [1.54, 1.807) is 0 Å². The van der Waals surface area contributed by atoms with Gasteiger partial charge in [-0.2, -0.15) is 0 Å². The van der Waals surface area contributed by atoms with E-state index in [-0.39, 0.29) is 0 Å². The van der Waals surface area contributed by atoms with Crippen LogP contribution in [-0.2, 0) is 0 Å². The Morgan fingerprint density at radius 2 is 1.67 bits per heavy atom. The van der Waals surface area contributed by atoms with Crippen LogP contribution in [0.2, 0.25) is 19.6 Å². The smallest absolute Gasteiger partial charge is 0.0552 e. The van der Waals surface area contributed by atoms with E-state index in [1.807, 2.05) is 11.8 Å². The normalized spacial score (nSPS) is 11.6. The Kier molecular flexibility index (Phi) is 3.41. The molecule has 0 bridgehead atoms. The summed E-state index contributed by atoms with van der Waals surface area (Å²) in [6.45, 7) is 7.22. The van der Waals surface area contributed by atoms with Crippen molar-refractivity contribution in [3.63, 3.8) is 0 Å². The largest absolute Gasteiger partial charge is 0.129 e. The van der Waals surface area contributed by atoms with Gasteiger partial charge in [-0.1, -0.05) is 37.8 Å². The summed E-state index contributed by atoms with van der Waals surface area (Å²) in [5.74, 6) is 0. The number of rotatable bonds is 3. The van der Waals surface area contributed by atoms with Crippen molar-refractivity contribution >= 4 is 19.8 Å². The first-order valence-electron chi connectivity index (χ1n) is 4.26. The first kappa shape index (κ1) is 9.87. The summed E-state index contributed by atoms with van der Waals surface area (Å²) in [6.07, 6.45) is 0. The highest BCUT2D eigenvalue weighted by atomic mass is 32.2. The molecule has 0 radical (unpaired) electrons. The third kappa shape index (κ3) is 3.98. The SMILES string of the molecule is C[Si](C)(C)CSc1ccccc1. The molecule has 0 aliphatic rings. The summed E-state index contributed by atoms with van der Waals surface area (Å²) < 4.78 is 0. The van der Waals surface area contributed by atoms with Crippen LogP contribution in [0.4, 0.5) is 0 Å². The van der Waals surface area contributed by atoms with Crippen LogP contribution in [0.3, 0.4) is 0 Å². The molecule has 0 N–H and O–H groups in total. The van der Waals surface area contributed by atoms with Crippen LogP contribution in [0.5, 0.6) is 0 Å². The number of hydrogen-bond acceptors (Lipinski definition) is 1. The highest BCUT2D eigenvalue weighted by Gasteiger charge is 2.12. The van der Waals surface area contributed by atoms with Gasteiger partial charge in [0.2, 0.25) is 0 Å². The van der Waals surface area contributed by atoms with Crippen molar-refractivity contribution in [3.05, 3.63) is 30.3 Å². The minimum atomic E-state index is -0.877. The Bertz CT molecular complexity index is 225. The van der Waals surface area contributed by atoms with Crippen LogP contribution in [0.25, 0.3) is 0 Å². The van der Waals surface area contributed by atoms with Gasteiger partial charge in [-0.05, 0) is 17.5 Å². The van der Waals surface area contributed by atoms with Crippen LogP contribution >= 0.6 is 11.8 Å². The molecule has 0 aliphatic heterocycles. The minimum Gasteiger partial charge on any atom is -0.129 e. The van der Waals surface area contributed by atoms with Gasteiger partial charge >= 0.3 is 0 Å². The molecular weight excluding hydrogens is 180 g/mol. The van der Waals surface area contributed by atoms with E-state index >= 15 is 0 Å². The molecule has 0 saturated carbocycles. The van der Waals surface area contributed by atoms with Crippen molar-refractivity contribution in [1.29, 1.82) is 0 Å². The molecule has 0 saturated heterocycles. The molecule has 0 unspecified atom stereocenters. The van der Waals surface area contributed by atoms with E-state index in [1.165, 1.54) is 10.3 Å². The quantitative estimate of drug-likeness (QED) is 0.525. The van der Waals surface area contributed by atoms with E-state index in [0.717, 1.165) is 0 Å². The second-order valence-corrected chi connectivity index (χ2v) is 11.2. The lowest BCUT2D eigenvalue weighted by molar-refractivity contribution is 1.46. The Hall–Kier alpha value is -0.213. The highest BCUT2D eigenvalue weighted by molar-refractivity contribution is 8.01. The monoisotopic (exact) mass is 196 g/mol. The summed E-state index contributed by atoms with van der Waals surface area (Å²) in [4.78, 5) is 1.40. The predicted molar refractivity (Wildman–Crippen MR) is 60.5 cm³/mol. The molecule has 1 aromatic carbocycles. The summed E-state index contributed by atoms with van der Waals surface area (Å²) in [5, 5.41) is 1.32. The van der Waals surface area contributed by atoms with Crippen molar-refractivity contribution in [2.24, 2.45) is 0 Å². The Balaban J connectivity index is 2.44. The van der Waals surface area contributed by atoms with Gasteiger partial charge in [-0.25, -0.2) is 0 Å². The number of thioether (sulfide) groups is 1. The third-order valence-electron chi connectivity index (χ3n) is 1.42. The van der Waals surface area contributed by atoms with E-state index in [9.17, 15) is 0 Å². The molecule has 12 heavy (non-hydrogen) atoms. The van der Waals surface area contributed by atoms with E-state index < -0.39 is 8.07 Å². The van der Waals surface area contributed by atoms with Crippen molar-refractivity contribution in [2.75, 3.05) is 5.38 Å². The van der Waals surface area contributed by atoms with Crippen molar-refractivity contribution in [2.45, 2.75) is 24.5 Å². The lowest BCUT2D eigenvalue weighted by Crippen LogP contribution is -2.23. The molecule has 0 fully saturated rings. The minimum absolute atomic E-state index is 0.877. The first-order valence-corrected chi connectivity index (χ1v) is 8.95. The molecule has 2 heteroatoms. The maximum Gasteiger partial charge on any atom is 0.0552 e. The van der Waals surface area contributed by atoms with Crippen molar-refractivity contribution in [3.8, 4) is 0 Å². The van der Waals surface area contributed by atoms with Gasteiger partial charge in [-0.3, -0.25) is 0 Å². The molecule has 0 aliphatic carbocycles. The fourth-order valence-electron chi connectivity index (χ4n) is 0.817. The number of benzene rings is 1. The molecule has 1 rings (SSSR count). The van der Waals surface area contributed by atoms with Gasteiger partial charge in [0.15, 0.2) is 0 Å². The number of hydrogen-bond donors (Lipinski definition) is 0. The second kappa shape index (κ2) is 4.15.